The van der Waals surface area contributed by atoms with Gasteiger partial charge in [0.25, 0.3) is 0 Å². The molecule has 3 nitrogen and oxygen atoms in total. The zero-order chi connectivity index (χ0) is 11.3. The maximum absolute atomic E-state index is 11.7. The molecule has 1 saturated carbocycles. The Bertz CT molecular complexity index is 257. The molecule has 1 aliphatic rings. The van der Waals surface area contributed by atoms with Gasteiger partial charge in [-0.1, -0.05) is 13.3 Å². The van der Waals surface area contributed by atoms with Gasteiger partial charge in [-0.25, -0.2) is 0 Å². The van der Waals surface area contributed by atoms with Crippen LogP contribution in [0.5, 0.6) is 0 Å². The highest BCUT2D eigenvalue weighted by Crippen LogP contribution is 2.41. The van der Waals surface area contributed by atoms with E-state index in [1.807, 2.05) is 0 Å². The molecule has 1 fully saturated rings. The standard InChI is InChI=1S/C12H19NO2/c1-3-9-6-7-10(5-4-8-13)11(9)12(14)15-2/h9-11H,3-7H2,1-2H3. The molecule has 0 aromatic rings. The highest BCUT2D eigenvalue weighted by atomic mass is 16.5. The van der Waals surface area contributed by atoms with Crippen molar-refractivity contribution in [2.45, 2.75) is 39.0 Å². The summed E-state index contributed by atoms with van der Waals surface area (Å²) in [7, 11) is 1.45. The van der Waals surface area contributed by atoms with E-state index in [1.54, 1.807) is 0 Å². The molecular weight excluding hydrogens is 190 g/mol. The summed E-state index contributed by atoms with van der Waals surface area (Å²) in [5, 5.41) is 8.57. The highest BCUT2D eigenvalue weighted by molar-refractivity contribution is 5.73. The summed E-state index contributed by atoms with van der Waals surface area (Å²) in [5.41, 5.74) is 0. The van der Waals surface area contributed by atoms with Crippen LogP contribution in [0.4, 0.5) is 0 Å². The third-order valence-electron chi connectivity index (χ3n) is 3.55. The number of hydrogen-bond donors (Lipinski definition) is 0. The van der Waals surface area contributed by atoms with Crippen LogP contribution < -0.4 is 0 Å². The third-order valence-corrected chi connectivity index (χ3v) is 3.55. The number of carbonyl (C=O) groups excluding carboxylic acids is 1. The highest BCUT2D eigenvalue weighted by Gasteiger charge is 2.40. The molecule has 3 atom stereocenters. The van der Waals surface area contributed by atoms with Gasteiger partial charge < -0.3 is 4.74 Å². The number of esters is 1. The van der Waals surface area contributed by atoms with Crippen molar-refractivity contribution in [3.63, 3.8) is 0 Å². The predicted octanol–water partition coefficient (Wildman–Crippen LogP) is 2.52. The number of rotatable bonds is 4. The summed E-state index contributed by atoms with van der Waals surface area (Å²) in [6, 6.07) is 2.15. The summed E-state index contributed by atoms with van der Waals surface area (Å²) in [5.74, 6) is 0.777. The quantitative estimate of drug-likeness (QED) is 0.668. The van der Waals surface area contributed by atoms with Gasteiger partial charge in [0.05, 0.1) is 19.1 Å². The molecule has 84 valence electrons. The van der Waals surface area contributed by atoms with Gasteiger partial charge in [0.1, 0.15) is 0 Å². The van der Waals surface area contributed by atoms with Gasteiger partial charge in [-0.15, -0.1) is 0 Å². The van der Waals surface area contributed by atoms with Crippen LogP contribution in [0.3, 0.4) is 0 Å². The van der Waals surface area contributed by atoms with Crippen molar-refractivity contribution in [3.8, 4) is 6.07 Å². The summed E-state index contributed by atoms with van der Waals surface area (Å²) >= 11 is 0. The second-order valence-corrected chi connectivity index (χ2v) is 4.25. The molecule has 0 aromatic carbocycles. The fourth-order valence-corrected chi connectivity index (χ4v) is 2.73. The second kappa shape index (κ2) is 5.75. The Hall–Kier alpha value is -1.04. The number of hydrogen-bond acceptors (Lipinski definition) is 3. The lowest BCUT2D eigenvalue weighted by Gasteiger charge is -2.20. The van der Waals surface area contributed by atoms with E-state index in [-0.39, 0.29) is 11.9 Å². The first-order valence-electron chi connectivity index (χ1n) is 5.69. The average molecular weight is 209 g/mol. The van der Waals surface area contributed by atoms with E-state index in [1.165, 1.54) is 7.11 Å². The zero-order valence-corrected chi connectivity index (χ0v) is 9.53. The molecule has 15 heavy (non-hydrogen) atoms. The Labute approximate surface area is 91.4 Å². The summed E-state index contributed by atoms with van der Waals surface area (Å²) in [6.07, 6.45) is 4.59. The molecule has 0 amide bonds. The lowest BCUT2D eigenvalue weighted by Crippen LogP contribution is -2.25. The monoisotopic (exact) mass is 209 g/mol. The largest absolute Gasteiger partial charge is 0.469 e. The smallest absolute Gasteiger partial charge is 0.309 e. The van der Waals surface area contributed by atoms with E-state index in [9.17, 15) is 4.79 Å². The van der Waals surface area contributed by atoms with Gasteiger partial charge in [0.15, 0.2) is 0 Å². The Morgan fingerprint density at radius 2 is 2.13 bits per heavy atom. The predicted molar refractivity (Wildman–Crippen MR) is 56.9 cm³/mol. The van der Waals surface area contributed by atoms with Gasteiger partial charge in [0, 0.05) is 6.42 Å². The zero-order valence-electron chi connectivity index (χ0n) is 9.53. The van der Waals surface area contributed by atoms with Crippen LogP contribution in [0.15, 0.2) is 0 Å². The first-order chi connectivity index (χ1) is 7.24. The van der Waals surface area contributed by atoms with Crippen molar-refractivity contribution in [1.82, 2.24) is 0 Å². The van der Waals surface area contributed by atoms with E-state index in [0.29, 0.717) is 18.3 Å². The molecule has 0 bridgehead atoms. The molecule has 0 aromatic heterocycles. The van der Waals surface area contributed by atoms with Crippen molar-refractivity contribution in [2.24, 2.45) is 17.8 Å². The molecule has 0 radical (unpaired) electrons. The summed E-state index contributed by atoms with van der Waals surface area (Å²) < 4.78 is 4.85. The van der Waals surface area contributed by atoms with Crippen molar-refractivity contribution < 1.29 is 9.53 Å². The van der Waals surface area contributed by atoms with E-state index >= 15 is 0 Å². The molecule has 0 saturated heterocycles. The lowest BCUT2D eigenvalue weighted by molar-refractivity contribution is -0.148. The molecular formula is C12H19NO2. The lowest BCUT2D eigenvalue weighted by atomic mass is 9.85. The van der Waals surface area contributed by atoms with Gasteiger partial charge >= 0.3 is 5.97 Å². The van der Waals surface area contributed by atoms with Crippen LogP contribution in [0.1, 0.15) is 39.0 Å². The van der Waals surface area contributed by atoms with Crippen LogP contribution in [-0.2, 0) is 9.53 Å². The molecule has 1 rings (SSSR count). The topological polar surface area (TPSA) is 50.1 Å². The maximum Gasteiger partial charge on any atom is 0.309 e. The van der Waals surface area contributed by atoms with Crippen LogP contribution in [0.2, 0.25) is 0 Å². The third kappa shape index (κ3) is 2.71. The Kier molecular flexibility index (Phi) is 4.61. The molecule has 3 unspecified atom stereocenters. The molecule has 0 aliphatic heterocycles. The van der Waals surface area contributed by atoms with Crippen molar-refractivity contribution in [3.05, 3.63) is 0 Å². The minimum atomic E-state index is -0.0812. The minimum Gasteiger partial charge on any atom is -0.469 e. The Morgan fingerprint density at radius 3 is 2.67 bits per heavy atom. The molecule has 0 spiro atoms. The number of carbonyl (C=O) groups is 1. The number of nitrogens with zero attached hydrogens (tertiary/aromatic N) is 1. The van der Waals surface area contributed by atoms with Crippen LogP contribution >= 0.6 is 0 Å². The number of methoxy groups -OCH3 is 1. The van der Waals surface area contributed by atoms with Gasteiger partial charge in [-0.2, -0.15) is 5.26 Å². The first-order valence-corrected chi connectivity index (χ1v) is 5.69. The maximum atomic E-state index is 11.7. The van der Waals surface area contributed by atoms with E-state index in [4.69, 9.17) is 10.00 Å². The minimum absolute atomic E-state index is 0.0355. The SMILES string of the molecule is CCC1CCC(CCC#N)C1C(=O)OC. The number of nitriles is 1. The van der Waals surface area contributed by atoms with E-state index in [0.717, 1.165) is 25.7 Å². The van der Waals surface area contributed by atoms with Gasteiger partial charge in [0.2, 0.25) is 0 Å². The van der Waals surface area contributed by atoms with Crippen molar-refractivity contribution >= 4 is 5.97 Å². The second-order valence-electron chi connectivity index (χ2n) is 4.25. The van der Waals surface area contributed by atoms with E-state index < -0.39 is 0 Å². The average Bonchev–Trinajstić information content (AvgIpc) is 2.68. The molecule has 0 N–H and O–H groups in total. The first kappa shape index (κ1) is 12.0. The van der Waals surface area contributed by atoms with Crippen LogP contribution in [-0.4, -0.2) is 13.1 Å². The Balaban J connectivity index is 2.63. The molecule has 0 heterocycles. The fraction of sp³-hybridized carbons (Fsp3) is 0.833. The van der Waals surface area contributed by atoms with Crippen LogP contribution in [0, 0.1) is 29.1 Å². The van der Waals surface area contributed by atoms with Crippen molar-refractivity contribution in [2.75, 3.05) is 7.11 Å². The molecule has 1 aliphatic carbocycles. The van der Waals surface area contributed by atoms with Crippen LogP contribution in [0.25, 0.3) is 0 Å². The van der Waals surface area contributed by atoms with Gasteiger partial charge in [-0.3, -0.25) is 4.79 Å². The van der Waals surface area contributed by atoms with Gasteiger partial charge in [-0.05, 0) is 31.1 Å². The molecule has 3 heteroatoms. The Morgan fingerprint density at radius 1 is 1.47 bits per heavy atom. The normalized spacial score (nSPS) is 29.8. The van der Waals surface area contributed by atoms with Crippen molar-refractivity contribution in [1.29, 1.82) is 5.26 Å². The summed E-state index contributed by atoms with van der Waals surface area (Å²) in [6.45, 7) is 2.12. The number of ether oxygens (including phenoxy) is 1. The fourth-order valence-electron chi connectivity index (χ4n) is 2.73. The summed E-state index contributed by atoms with van der Waals surface area (Å²) in [4.78, 5) is 11.7. The van der Waals surface area contributed by atoms with E-state index in [2.05, 4.69) is 13.0 Å².